The van der Waals surface area contributed by atoms with Crippen LogP contribution in [-0.4, -0.2) is 59.4 Å². The quantitative estimate of drug-likeness (QED) is 0.181. The number of esters is 1. The molecule has 22 heavy (non-hydrogen) atoms. The third-order valence-electron chi connectivity index (χ3n) is 3.57. The summed E-state index contributed by atoms with van der Waals surface area (Å²) in [5, 5.41) is 29.7. The fraction of sp³-hybridized carbons (Fsp3) is 0.846. The normalized spacial score (nSPS) is 15.0. The van der Waals surface area contributed by atoms with Crippen molar-refractivity contribution < 1.29 is 29.5 Å². The maximum absolute atomic E-state index is 11.3. The fourth-order valence-corrected chi connectivity index (χ4v) is 2.09. The van der Waals surface area contributed by atoms with Crippen LogP contribution >= 0.6 is 0 Å². The van der Waals surface area contributed by atoms with Crippen LogP contribution in [0.2, 0.25) is 6.32 Å². The number of carboxylic acid groups (broad SMARTS) is 1. The summed E-state index contributed by atoms with van der Waals surface area (Å²) >= 11 is 0. The molecule has 0 heterocycles. The lowest BCUT2D eigenvalue weighted by molar-refractivity contribution is -0.144. The zero-order chi connectivity index (χ0) is 17.2. The molecule has 0 amide bonds. The number of hydrogen-bond donors (Lipinski definition) is 5. The highest BCUT2D eigenvalue weighted by Crippen LogP contribution is 2.19. The topological polar surface area (TPSA) is 142 Å². The van der Waals surface area contributed by atoms with E-state index >= 15 is 0 Å². The van der Waals surface area contributed by atoms with Crippen molar-refractivity contribution in [3.63, 3.8) is 0 Å². The number of hydrogen-bond acceptors (Lipinski definition) is 7. The molecule has 0 spiro atoms. The number of methoxy groups -OCH3 is 1. The van der Waals surface area contributed by atoms with Gasteiger partial charge < -0.3 is 30.9 Å². The first-order chi connectivity index (χ1) is 10.2. The zero-order valence-electron chi connectivity index (χ0n) is 13.2. The molecular formula is C13H27BN2O6. The van der Waals surface area contributed by atoms with Crippen molar-refractivity contribution in [2.75, 3.05) is 13.7 Å². The van der Waals surface area contributed by atoms with E-state index in [-0.39, 0.29) is 25.1 Å². The molecule has 0 bridgehead atoms. The van der Waals surface area contributed by atoms with Crippen LogP contribution < -0.4 is 11.1 Å². The molecule has 8 nitrogen and oxygen atoms in total. The number of carbonyl (C=O) groups is 2. The van der Waals surface area contributed by atoms with Crippen molar-refractivity contribution in [1.29, 1.82) is 0 Å². The van der Waals surface area contributed by atoms with Gasteiger partial charge in [-0.2, -0.15) is 0 Å². The van der Waals surface area contributed by atoms with Crippen LogP contribution in [0.3, 0.4) is 0 Å². The van der Waals surface area contributed by atoms with E-state index in [0.717, 1.165) is 0 Å². The van der Waals surface area contributed by atoms with Crippen molar-refractivity contribution in [3.8, 4) is 0 Å². The summed E-state index contributed by atoms with van der Waals surface area (Å²) in [6, 6.07) is -0.451. The molecule has 6 N–H and O–H groups in total. The molecule has 0 fully saturated rings. The number of ether oxygens (including phenoxy) is 1. The number of rotatable bonds is 12. The highest BCUT2D eigenvalue weighted by molar-refractivity contribution is 6.40. The Morgan fingerprint density at radius 1 is 1.27 bits per heavy atom. The molecule has 0 radical (unpaired) electrons. The van der Waals surface area contributed by atoms with Crippen LogP contribution in [-0.2, 0) is 14.3 Å². The Bertz CT molecular complexity index is 355. The number of carbonyl (C=O) groups excluding carboxylic acids is 1. The van der Waals surface area contributed by atoms with Gasteiger partial charge in [0.2, 0.25) is 0 Å². The average Bonchev–Trinajstić information content (AvgIpc) is 2.46. The molecule has 0 aliphatic carbocycles. The molecule has 0 aromatic rings. The Kier molecular flexibility index (Phi) is 10.00. The second kappa shape index (κ2) is 10.6. The Labute approximate surface area is 131 Å². The summed E-state index contributed by atoms with van der Waals surface area (Å²) in [4.78, 5) is 22.5. The Morgan fingerprint density at radius 3 is 2.36 bits per heavy atom. The van der Waals surface area contributed by atoms with Gasteiger partial charge in [-0.15, -0.1) is 0 Å². The first-order valence-corrected chi connectivity index (χ1v) is 7.42. The largest absolute Gasteiger partial charge is 0.480 e. The van der Waals surface area contributed by atoms with Crippen molar-refractivity contribution >= 4 is 19.1 Å². The molecule has 0 aliphatic heterocycles. The van der Waals surface area contributed by atoms with Crippen LogP contribution in [0.1, 0.15) is 39.0 Å². The summed E-state index contributed by atoms with van der Waals surface area (Å²) in [5.41, 5.74) is 4.58. The number of carboxylic acids is 1. The Hall–Kier alpha value is -1.16. The minimum absolute atomic E-state index is 0.202. The van der Waals surface area contributed by atoms with Gasteiger partial charge in [-0.1, -0.05) is 12.8 Å². The third kappa shape index (κ3) is 8.33. The molecule has 0 rings (SSSR count). The molecule has 1 unspecified atom stereocenters. The molecule has 2 atom stereocenters. The monoisotopic (exact) mass is 318 g/mol. The van der Waals surface area contributed by atoms with E-state index in [2.05, 4.69) is 10.1 Å². The summed E-state index contributed by atoms with van der Waals surface area (Å²) in [5.74, 6) is -1.45. The Balaban J connectivity index is 4.12. The van der Waals surface area contributed by atoms with Crippen LogP contribution in [0.5, 0.6) is 0 Å². The van der Waals surface area contributed by atoms with E-state index in [0.29, 0.717) is 25.8 Å². The maximum atomic E-state index is 11.3. The maximum Gasteiger partial charge on any atom is 0.451 e. The molecule has 0 saturated heterocycles. The number of aliphatic carboxylic acids is 1. The second-order valence-electron chi connectivity index (χ2n) is 5.49. The van der Waals surface area contributed by atoms with E-state index in [1.807, 2.05) is 0 Å². The predicted octanol–water partition coefficient (Wildman–Crippen LogP) is -0.657. The van der Waals surface area contributed by atoms with Crippen LogP contribution in [0.4, 0.5) is 0 Å². The molecule has 128 valence electrons. The van der Waals surface area contributed by atoms with E-state index in [4.69, 9.17) is 15.8 Å². The summed E-state index contributed by atoms with van der Waals surface area (Å²) in [7, 11) is -0.0693. The predicted molar refractivity (Wildman–Crippen MR) is 82.1 cm³/mol. The van der Waals surface area contributed by atoms with Gasteiger partial charge in [0.05, 0.1) is 7.11 Å². The molecule has 0 saturated carbocycles. The lowest BCUT2D eigenvalue weighted by Gasteiger charge is -2.25. The van der Waals surface area contributed by atoms with Gasteiger partial charge in [-0.25, -0.2) is 0 Å². The second-order valence-corrected chi connectivity index (χ2v) is 5.49. The molecule has 0 aromatic heterocycles. The minimum Gasteiger partial charge on any atom is -0.480 e. The molecule has 0 aliphatic rings. The standard InChI is InChI=1S/C13H27BN2O6/c1-10(11(17)22-2)16-9-5-7-13(15,12(18)19)6-3-4-8-14(20)21/h10,16,20-21H,3-9,15H2,1-2H3,(H,18,19)/t10-,13?/m0/s1. The van der Waals surface area contributed by atoms with Crippen molar-refractivity contribution in [2.45, 2.75) is 56.9 Å². The summed E-state index contributed by atoms with van der Waals surface area (Å²) in [6.45, 7) is 2.12. The lowest BCUT2D eigenvalue weighted by Crippen LogP contribution is -2.48. The smallest absolute Gasteiger partial charge is 0.451 e. The average molecular weight is 318 g/mol. The van der Waals surface area contributed by atoms with E-state index in [1.165, 1.54) is 7.11 Å². The highest BCUT2D eigenvalue weighted by Gasteiger charge is 2.32. The number of nitrogens with one attached hydrogen (secondary N) is 1. The highest BCUT2D eigenvalue weighted by atomic mass is 16.5. The zero-order valence-corrected chi connectivity index (χ0v) is 13.2. The first-order valence-electron chi connectivity index (χ1n) is 7.42. The molecule has 0 aromatic carbocycles. The van der Waals surface area contributed by atoms with Crippen molar-refractivity contribution in [2.24, 2.45) is 5.73 Å². The molecular weight excluding hydrogens is 291 g/mol. The Morgan fingerprint density at radius 2 is 1.86 bits per heavy atom. The number of nitrogens with two attached hydrogens (primary N) is 1. The van der Waals surface area contributed by atoms with Gasteiger partial charge in [0, 0.05) is 0 Å². The van der Waals surface area contributed by atoms with Crippen molar-refractivity contribution in [1.82, 2.24) is 5.32 Å². The SMILES string of the molecule is COC(=O)[C@H](C)NCCCC(N)(CCCCB(O)O)C(=O)O. The van der Waals surface area contributed by atoms with E-state index in [9.17, 15) is 14.7 Å². The minimum atomic E-state index is -1.37. The van der Waals surface area contributed by atoms with Gasteiger partial charge in [-0.3, -0.25) is 9.59 Å². The van der Waals surface area contributed by atoms with E-state index < -0.39 is 24.7 Å². The van der Waals surface area contributed by atoms with E-state index in [1.54, 1.807) is 6.92 Å². The lowest BCUT2D eigenvalue weighted by atomic mass is 9.81. The summed E-state index contributed by atoms with van der Waals surface area (Å²) < 4.78 is 4.57. The summed E-state index contributed by atoms with van der Waals surface area (Å²) in [6.07, 6.45) is 2.25. The van der Waals surface area contributed by atoms with Gasteiger partial charge in [0.1, 0.15) is 11.6 Å². The van der Waals surface area contributed by atoms with Gasteiger partial charge in [0.25, 0.3) is 0 Å². The van der Waals surface area contributed by atoms with Crippen molar-refractivity contribution in [3.05, 3.63) is 0 Å². The van der Waals surface area contributed by atoms with Gasteiger partial charge >= 0.3 is 19.1 Å². The molecule has 9 heteroatoms. The van der Waals surface area contributed by atoms with Crippen LogP contribution in [0.15, 0.2) is 0 Å². The van der Waals surface area contributed by atoms with Crippen LogP contribution in [0.25, 0.3) is 0 Å². The van der Waals surface area contributed by atoms with Crippen LogP contribution in [0, 0.1) is 0 Å². The number of unbranched alkanes of at least 4 members (excludes halogenated alkanes) is 1. The third-order valence-corrected chi connectivity index (χ3v) is 3.57. The first kappa shape index (κ1) is 20.8. The van der Waals surface area contributed by atoms with Gasteiger partial charge in [-0.05, 0) is 39.1 Å². The van der Waals surface area contributed by atoms with Gasteiger partial charge in [0.15, 0.2) is 0 Å². The fourth-order valence-electron chi connectivity index (χ4n) is 2.09.